The van der Waals surface area contributed by atoms with Gasteiger partial charge in [0.15, 0.2) is 11.5 Å². The molecule has 5 nitrogen and oxygen atoms in total. The molecule has 3 rings (SSSR count). The number of benzene rings is 2. The van der Waals surface area contributed by atoms with Crippen LogP contribution in [0.2, 0.25) is 5.02 Å². The normalized spacial score (nSPS) is 11.1. The summed E-state index contributed by atoms with van der Waals surface area (Å²) >= 11 is 7.68. The molecule has 0 spiro atoms. The number of amides is 1. The lowest BCUT2D eigenvalue weighted by molar-refractivity contribution is 0.0959. The second kappa shape index (κ2) is 10.3. The molecule has 0 aliphatic rings. The molecule has 7 heteroatoms. The fourth-order valence-electron chi connectivity index (χ4n) is 2.70. The lowest BCUT2D eigenvalue weighted by Crippen LogP contribution is -2.16. The van der Waals surface area contributed by atoms with E-state index in [0.29, 0.717) is 34.6 Å². The molecule has 152 valence electrons. The zero-order valence-electron chi connectivity index (χ0n) is 16.4. The Morgan fingerprint density at radius 3 is 2.76 bits per heavy atom. The lowest BCUT2D eigenvalue weighted by Gasteiger charge is -2.12. The quantitative estimate of drug-likeness (QED) is 0.261. The fourth-order valence-corrected chi connectivity index (χ4v) is 4.10. The number of halogens is 1. The number of nitrogens with zero attached hydrogens (tertiary/aromatic N) is 1. The third-order valence-corrected chi connectivity index (χ3v) is 5.82. The van der Waals surface area contributed by atoms with E-state index in [1.807, 2.05) is 49.4 Å². The zero-order valence-corrected chi connectivity index (χ0v) is 18.0. The van der Waals surface area contributed by atoms with Gasteiger partial charge in [-0.05, 0) is 43.2 Å². The minimum Gasteiger partial charge on any atom is -0.490 e. The zero-order chi connectivity index (χ0) is 20.6. The van der Waals surface area contributed by atoms with E-state index < -0.39 is 0 Å². The molecule has 0 aliphatic carbocycles. The van der Waals surface area contributed by atoms with Crippen LogP contribution in [0.4, 0.5) is 0 Å². The molecule has 1 amide bonds. The van der Waals surface area contributed by atoms with Crippen molar-refractivity contribution in [1.29, 1.82) is 0 Å². The van der Waals surface area contributed by atoms with Crippen LogP contribution in [-0.2, 0) is 0 Å². The van der Waals surface area contributed by atoms with Gasteiger partial charge in [-0.1, -0.05) is 43.1 Å². The van der Waals surface area contributed by atoms with E-state index in [1.165, 1.54) is 11.3 Å². The van der Waals surface area contributed by atoms with Crippen LogP contribution in [0.25, 0.3) is 10.1 Å². The number of ether oxygens (including phenoxy) is 2. The van der Waals surface area contributed by atoms with Crippen molar-refractivity contribution in [3.63, 3.8) is 0 Å². The molecular formula is C22H23ClN2O3S. The summed E-state index contributed by atoms with van der Waals surface area (Å²) in [6.45, 7) is 5.22. The Kier molecular flexibility index (Phi) is 7.49. The SMILES string of the molecule is CCCCOc1ccc(C=NNC(=O)c2sc3ccccc3c2Cl)cc1OCC. The highest BCUT2D eigenvalue weighted by atomic mass is 35.5. The molecular weight excluding hydrogens is 408 g/mol. The first kappa shape index (κ1) is 21.1. The number of carbonyl (C=O) groups excluding carboxylic acids is 1. The van der Waals surface area contributed by atoms with Crippen molar-refractivity contribution >= 4 is 45.1 Å². The summed E-state index contributed by atoms with van der Waals surface area (Å²) in [5.41, 5.74) is 3.33. The van der Waals surface area contributed by atoms with Crippen molar-refractivity contribution in [2.75, 3.05) is 13.2 Å². The van der Waals surface area contributed by atoms with E-state index in [4.69, 9.17) is 21.1 Å². The summed E-state index contributed by atoms with van der Waals surface area (Å²) in [6, 6.07) is 13.2. The maximum atomic E-state index is 12.5. The van der Waals surface area contributed by atoms with Gasteiger partial charge in [0.05, 0.1) is 24.5 Å². The van der Waals surface area contributed by atoms with Crippen LogP contribution >= 0.6 is 22.9 Å². The Labute approximate surface area is 179 Å². The molecule has 3 aromatic rings. The van der Waals surface area contributed by atoms with Gasteiger partial charge in [-0.25, -0.2) is 5.43 Å². The number of hydrogen-bond acceptors (Lipinski definition) is 5. The highest BCUT2D eigenvalue weighted by Gasteiger charge is 2.16. The molecule has 0 bridgehead atoms. The van der Waals surface area contributed by atoms with E-state index in [-0.39, 0.29) is 5.91 Å². The molecule has 1 N–H and O–H groups in total. The number of nitrogens with one attached hydrogen (secondary N) is 1. The van der Waals surface area contributed by atoms with Crippen LogP contribution < -0.4 is 14.9 Å². The Morgan fingerprint density at radius 1 is 1.17 bits per heavy atom. The number of unbranched alkanes of at least 4 members (excludes halogenated alkanes) is 1. The topological polar surface area (TPSA) is 59.9 Å². The maximum Gasteiger partial charge on any atom is 0.283 e. The van der Waals surface area contributed by atoms with E-state index in [2.05, 4.69) is 17.5 Å². The molecule has 2 aromatic carbocycles. The third-order valence-electron chi connectivity index (χ3n) is 4.14. The largest absolute Gasteiger partial charge is 0.490 e. The molecule has 29 heavy (non-hydrogen) atoms. The monoisotopic (exact) mass is 430 g/mol. The van der Waals surface area contributed by atoms with Gasteiger partial charge in [-0.15, -0.1) is 11.3 Å². The Balaban J connectivity index is 1.69. The van der Waals surface area contributed by atoms with Crippen molar-refractivity contribution in [1.82, 2.24) is 5.43 Å². The minimum atomic E-state index is -0.336. The Morgan fingerprint density at radius 2 is 2.00 bits per heavy atom. The second-order valence-electron chi connectivity index (χ2n) is 6.28. The number of carbonyl (C=O) groups is 1. The predicted molar refractivity (Wildman–Crippen MR) is 120 cm³/mol. The minimum absolute atomic E-state index is 0.336. The Bertz CT molecular complexity index is 1020. The molecule has 1 heterocycles. The number of rotatable bonds is 9. The Hall–Kier alpha value is -2.57. The summed E-state index contributed by atoms with van der Waals surface area (Å²) in [4.78, 5) is 12.9. The number of thiophene rings is 1. The molecule has 0 radical (unpaired) electrons. The molecule has 0 unspecified atom stereocenters. The molecule has 0 atom stereocenters. The van der Waals surface area contributed by atoms with Gasteiger partial charge in [0.1, 0.15) is 4.88 Å². The highest BCUT2D eigenvalue weighted by Crippen LogP contribution is 2.35. The first-order valence-electron chi connectivity index (χ1n) is 9.54. The van der Waals surface area contributed by atoms with E-state index in [1.54, 1.807) is 6.21 Å². The van der Waals surface area contributed by atoms with E-state index in [0.717, 1.165) is 28.5 Å². The van der Waals surface area contributed by atoms with Gasteiger partial charge in [-0.2, -0.15) is 5.10 Å². The van der Waals surface area contributed by atoms with Crippen LogP contribution in [0.1, 0.15) is 41.9 Å². The van der Waals surface area contributed by atoms with Crippen LogP contribution in [0.5, 0.6) is 11.5 Å². The van der Waals surface area contributed by atoms with Gasteiger partial charge in [-0.3, -0.25) is 4.79 Å². The van der Waals surface area contributed by atoms with Gasteiger partial charge < -0.3 is 9.47 Å². The lowest BCUT2D eigenvalue weighted by atomic mass is 10.2. The summed E-state index contributed by atoms with van der Waals surface area (Å²) in [5.74, 6) is 1.03. The average Bonchev–Trinajstić information content (AvgIpc) is 3.07. The van der Waals surface area contributed by atoms with Crippen molar-refractivity contribution in [3.05, 3.63) is 57.9 Å². The number of hydrazone groups is 1. The van der Waals surface area contributed by atoms with Gasteiger partial charge in [0.2, 0.25) is 0 Å². The average molecular weight is 431 g/mol. The summed E-state index contributed by atoms with van der Waals surface area (Å²) in [6.07, 6.45) is 3.62. The smallest absolute Gasteiger partial charge is 0.283 e. The summed E-state index contributed by atoms with van der Waals surface area (Å²) in [7, 11) is 0. The van der Waals surface area contributed by atoms with Crippen LogP contribution in [-0.4, -0.2) is 25.3 Å². The number of hydrogen-bond donors (Lipinski definition) is 1. The van der Waals surface area contributed by atoms with Gasteiger partial charge in [0.25, 0.3) is 5.91 Å². The van der Waals surface area contributed by atoms with Crippen molar-refractivity contribution in [3.8, 4) is 11.5 Å². The molecule has 1 aromatic heterocycles. The summed E-state index contributed by atoms with van der Waals surface area (Å²) < 4.78 is 12.4. The third kappa shape index (κ3) is 5.28. The van der Waals surface area contributed by atoms with Crippen LogP contribution in [0.3, 0.4) is 0 Å². The van der Waals surface area contributed by atoms with E-state index >= 15 is 0 Å². The fraction of sp³-hybridized carbons (Fsp3) is 0.273. The molecule has 0 saturated heterocycles. The first-order valence-corrected chi connectivity index (χ1v) is 10.7. The van der Waals surface area contributed by atoms with Crippen molar-refractivity contribution in [2.45, 2.75) is 26.7 Å². The number of fused-ring (bicyclic) bond motifs is 1. The molecule has 0 saturated carbocycles. The van der Waals surface area contributed by atoms with Gasteiger partial charge in [0, 0.05) is 10.1 Å². The predicted octanol–water partition coefficient (Wildman–Crippen LogP) is 5.90. The first-order chi connectivity index (χ1) is 14.1. The van der Waals surface area contributed by atoms with Crippen LogP contribution in [0.15, 0.2) is 47.6 Å². The van der Waals surface area contributed by atoms with Crippen molar-refractivity contribution < 1.29 is 14.3 Å². The second-order valence-corrected chi connectivity index (χ2v) is 7.71. The van der Waals surface area contributed by atoms with E-state index in [9.17, 15) is 4.79 Å². The molecule has 0 fully saturated rings. The highest BCUT2D eigenvalue weighted by molar-refractivity contribution is 7.21. The van der Waals surface area contributed by atoms with Crippen LogP contribution in [0, 0.1) is 0 Å². The van der Waals surface area contributed by atoms with Crippen molar-refractivity contribution in [2.24, 2.45) is 5.10 Å². The molecule has 0 aliphatic heterocycles. The van der Waals surface area contributed by atoms with Gasteiger partial charge >= 0.3 is 0 Å². The summed E-state index contributed by atoms with van der Waals surface area (Å²) in [5, 5.41) is 5.38. The standard InChI is InChI=1S/C22H23ClN2O3S/c1-3-5-12-28-17-11-10-15(13-18(17)27-4-2)14-24-25-22(26)21-20(23)16-8-6-7-9-19(16)29-21/h6-11,13-14H,3-5,12H2,1-2H3,(H,25,26). The maximum absolute atomic E-state index is 12.5.